The van der Waals surface area contributed by atoms with E-state index in [1.54, 1.807) is 0 Å². The minimum Gasteiger partial charge on any atom is -0.285 e. The second-order valence-electron chi connectivity index (χ2n) is 2.02. The highest BCUT2D eigenvalue weighted by atomic mass is 32.2. The lowest BCUT2D eigenvalue weighted by Crippen LogP contribution is -2.20. The monoisotopic (exact) mass is 179 g/mol. The fraction of sp³-hybridized carbons (Fsp3) is 0.667. The lowest BCUT2D eigenvalue weighted by molar-refractivity contribution is 0.428. The normalized spacial score (nSPS) is 13.9. The Labute approximate surface area is 65.4 Å². The number of hydrogen-bond donors (Lipinski definition) is 1. The lowest BCUT2D eigenvalue weighted by Gasteiger charge is -2.06. The summed E-state index contributed by atoms with van der Waals surface area (Å²) in [7, 11) is -4.17. The number of rotatable bonds is 4. The van der Waals surface area contributed by atoms with Crippen LogP contribution < -0.4 is 0 Å². The average molecular weight is 179 g/mol. The van der Waals surface area contributed by atoms with E-state index in [9.17, 15) is 12.8 Å². The van der Waals surface area contributed by atoms with Crippen molar-refractivity contribution in [1.29, 1.82) is 0 Å². The van der Waals surface area contributed by atoms with E-state index >= 15 is 0 Å². The Morgan fingerprint density at radius 1 is 1.64 bits per heavy atom. The molecule has 0 aromatic carbocycles. The Morgan fingerprint density at radius 3 is 2.45 bits per heavy atom. The van der Waals surface area contributed by atoms with Crippen molar-refractivity contribution in [1.82, 2.24) is 0 Å². The second-order valence-corrected chi connectivity index (χ2v) is 3.72. The number of terminal acetylenes is 1. The molecule has 1 atom stereocenters. The highest BCUT2D eigenvalue weighted by Crippen LogP contribution is 2.08. The molecule has 64 valence electrons. The van der Waals surface area contributed by atoms with Gasteiger partial charge in [0.05, 0.1) is 11.9 Å². The molecule has 0 aliphatic heterocycles. The summed E-state index contributed by atoms with van der Waals surface area (Å²) in [5, 5.41) is -1.16. The number of hydrogen-bond acceptors (Lipinski definition) is 2. The Morgan fingerprint density at radius 2 is 2.18 bits per heavy atom. The van der Waals surface area contributed by atoms with E-state index in [0.29, 0.717) is 0 Å². The maximum absolute atomic E-state index is 11.7. The molecule has 0 spiro atoms. The van der Waals surface area contributed by atoms with Crippen LogP contribution in [0, 0.1) is 12.3 Å². The molecular formula is C6H9FO3S. The molecule has 0 saturated heterocycles. The van der Waals surface area contributed by atoms with Crippen LogP contribution in [-0.4, -0.2) is 24.9 Å². The summed E-state index contributed by atoms with van der Waals surface area (Å²) in [5.41, 5.74) is 0. The predicted octanol–water partition coefficient (Wildman–Crippen LogP) is 0.626. The van der Waals surface area contributed by atoms with Crippen LogP contribution in [0.5, 0.6) is 0 Å². The van der Waals surface area contributed by atoms with E-state index < -0.39 is 22.0 Å². The minimum absolute atomic E-state index is 0.150. The highest BCUT2D eigenvalue weighted by Gasteiger charge is 2.21. The summed E-state index contributed by atoms with van der Waals surface area (Å²) in [6, 6.07) is 0. The standard InChI is InChI=1S/C6H9FO3S/c1-2-3-6(4-5-7)11(8,9)10/h1,6H,3-5H2,(H,8,9,10)/i7-1. The molecule has 1 unspecified atom stereocenters. The molecule has 0 fully saturated rings. The summed E-state index contributed by atoms with van der Waals surface area (Å²) in [6.07, 6.45) is 4.41. The van der Waals surface area contributed by atoms with Gasteiger partial charge in [0.25, 0.3) is 10.1 Å². The first-order chi connectivity index (χ1) is 5.02. The van der Waals surface area contributed by atoms with Crippen LogP contribution in [0.3, 0.4) is 0 Å². The maximum atomic E-state index is 11.7. The summed E-state index contributed by atoms with van der Waals surface area (Å²) in [4.78, 5) is 0. The van der Waals surface area contributed by atoms with Crippen molar-refractivity contribution < 1.29 is 17.4 Å². The highest BCUT2D eigenvalue weighted by molar-refractivity contribution is 7.86. The largest absolute Gasteiger partial charge is 0.285 e. The Kier molecular flexibility index (Phi) is 4.08. The lowest BCUT2D eigenvalue weighted by atomic mass is 10.2. The smallest absolute Gasteiger partial charge is 0.268 e. The van der Waals surface area contributed by atoms with E-state index in [2.05, 4.69) is 5.92 Å². The minimum atomic E-state index is -4.17. The summed E-state index contributed by atoms with van der Waals surface area (Å²) in [6.45, 7) is -0.799. The van der Waals surface area contributed by atoms with Gasteiger partial charge in [-0.15, -0.1) is 12.3 Å². The van der Waals surface area contributed by atoms with Gasteiger partial charge in [-0.3, -0.25) is 8.94 Å². The number of alkyl halides is 1. The van der Waals surface area contributed by atoms with Gasteiger partial charge in [0.1, 0.15) is 0 Å². The van der Waals surface area contributed by atoms with Crippen LogP contribution >= 0.6 is 0 Å². The SMILES string of the molecule is C#CCC(CC[18F])S(=O)(=O)O. The molecule has 1 N–H and O–H groups in total. The van der Waals surface area contributed by atoms with E-state index in [0.717, 1.165) is 0 Å². The first-order valence-electron chi connectivity index (χ1n) is 2.98. The average Bonchev–Trinajstić information content (AvgIpc) is 1.85. The van der Waals surface area contributed by atoms with Gasteiger partial charge in [0.2, 0.25) is 0 Å². The van der Waals surface area contributed by atoms with Crippen LogP contribution in [0.4, 0.5) is 4.39 Å². The fourth-order valence-electron chi connectivity index (χ4n) is 0.609. The van der Waals surface area contributed by atoms with Crippen LogP contribution in [0.1, 0.15) is 12.8 Å². The van der Waals surface area contributed by atoms with E-state index in [-0.39, 0.29) is 12.8 Å². The topological polar surface area (TPSA) is 54.4 Å². The summed E-state index contributed by atoms with van der Waals surface area (Å²) in [5.74, 6) is 2.05. The molecule has 0 radical (unpaired) electrons. The third-order valence-electron chi connectivity index (χ3n) is 1.20. The zero-order valence-corrected chi connectivity index (χ0v) is 6.64. The molecular weight excluding hydrogens is 170 g/mol. The molecule has 5 heteroatoms. The Hall–Kier alpha value is -0.600. The molecule has 0 rings (SSSR count). The Bertz CT molecular complexity index is 239. The van der Waals surface area contributed by atoms with Gasteiger partial charge in [-0.2, -0.15) is 8.42 Å². The fourth-order valence-corrected chi connectivity index (χ4v) is 1.30. The molecule has 0 bridgehead atoms. The molecule has 0 aliphatic rings. The second kappa shape index (κ2) is 4.31. The zero-order chi connectivity index (χ0) is 8.91. The van der Waals surface area contributed by atoms with Crippen molar-refractivity contribution in [3.8, 4) is 12.3 Å². The zero-order valence-electron chi connectivity index (χ0n) is 5.83. The van der Waals surface area contributed by atoms with Gasteiger partial charge in [-0.1, -0.05) is 0 Å². The van der Waals surface area contributed by atoms with Crippen LogP contribution in [0.15, 0.2) is 0 Å². The molecule has 3 nitrogen and oxygen atoms in total. The van der Waals surface area contributed by atoms with Crippen molar-refractivity contribution in [3.05, 3.63) is 0 Å². The molecule has 0 aromatic rings. The van der Waals surface area contributed by atoms with Gasteiger partial charge in [0, 0.05) is 6.42 Å². The van der Waals surface area contributed by atoms with Gasteiger partial charge >= 0.3 is 0 Å². The molecule has 0 aliphatic carbocycles. The first kappa shape index (κ1) is 10.4. The Balaban J connectivity index is 4.25. The molecule has 0 saturated carbocycles. The van der Waals surface area contributed by atoms with Gasteiger partial charge in [0.15, 0.2) is 0 Å². The van der Waals surface area contributed by atoms with Crippen molar-refractivity contribution in [2.45, 2.75) is 18.1 Å². The quantitative estimate of drug-likeness (QED) is 0.508. The first-order valence-corrected chi connectivity index (χ1v) is 4.48. The summed E-state index contributed by atoms with van der Waals surface area (Å²) < 4.78 is 40.9. The van der Waals surface area contributed by atoms with Gasteiger partial charge in [-0.25, -0.2) is 0 Å². The third kappa shape index (κ3) is 3.96. The predicted molar refractivity (Wildman–Crippen MR) is 39.4 cm³/mol. The maximum Gasteiger partial charge on any atom is 0.268 e. The molecule has 0 amide bonds. The van der Waals surface area contributed by atoms with Crippen molar-refractivity contribution in [3.63, 3.8) is 0 Å². The number of halogens is 1. The van der Waals surface area contributed by atoms with Crippen molar-refractivity contribution in [2.24, 2.45) is 0 Å². The van der Waals surface area contributed by atoms with Crippen LogP contribution in [0.2, 0.25) is 0 Å². The third-order valence-corrected chi connectivity index (χ3v) is 2.44. The van der Waals surface area contributed by atoms with Gasteiger partial charge in [-0.05, 0) is 6.42 Å². The van der Waals surface area contributed by atoms with Crippen LogP contribution in [0.25, 0.3) is 0 Å². The molecule has 0 aromatic heterocycles. The molecule has 11 heavy (non-hydrogen) atoms. The van der Waals surface area contributed by atoms with Crippen molar-refractivity contribution in [2.75, 3.05) is 6.67 Å². The van der Waals surface area contributed by atoms with E-state index in [4.69, 9.17) is 11.0 Å². The van der Waals surface area contributed by atoms with E-state index in [1.165, 1.54) is 0 Å². The van der Waals surface area contributed by atoms with E-state index in [1.807, 2.05) is 0 Å². The van der Waals surface area contributed by atoms with Crippen LogP contribution in [-0.2, 0) is 10.1 Å². The van der Waals surface area contributed by atoms with Gasteiger partial charge < -0.3 is 0 Å². The summed E-state index contributed by atoms with van der Waals surface area (Å²) >= 11 is 0. The molecule has 0 heterocycles. The van der Waals surface area contributed by atoms with Crippen molar-refractivity contribution >= 4 is 10.1 Å².